The Morgan fingerprint density at radius 2 is 1.86 bits per heavy atom. The van der Waals surface area contributed by atoms with Crippen LogP contribution in [0.15, 0.2) is 55.0 Å². The van der Waals surface area contributed by atoms with Crippen LogP contribution in [0.4, 0.5) is 26.3 Å². The van der Waals surface area contributed by atoms with Crippen LogP contribution in [0.3, 0.4) is 0 Å². The summed E-state index contributed by atoms with van der Waals surface area (Å²) in [6, 6.07) is 7.37. The summed E-state index contributed by atoms with van der Waals surface area (Å²) in [7, 11) is -2.75. The number of pyridine rings is 2. The van der Waals surface area contributed by atoms with E-state index in [1.165, 1.54) is 11.0 Å². The van der Waals surface area contributed by atoms with Crippen LogP contribution in [0.2, 0.25) is 0 Å². The van der Waals surface area contributed by atoms with Crippen LogP contribution in [0.25, 0.3) is 0 Å². The van der Waals surface area contributed by atoms with Gasteiger partial charge in [-0.3, -0.25) is 14.8 Å². The molecule has 1 aliphatic heterocycles. The van der Waals surface area contributed by atoms with E-state index in [4.69, 9.17) is 8.85 Å². The number of methoxy groups -OCH3 is 1. The molecule has 1 aromatic carbocycles. The lowest BCUT2D eigenvalue weighted by Crippen LogP contribution is -2.34. The van der Waals surface area contributed by atoms with Crippen molar-refractivity contribution in [2.75, 3.05) is 13.6 Å². The zero-order valence-electron chi connectivity index (χ0n) is 22.4. The molecule has 1 fully saturated rings. The second kappa shape index (κ2) is 10.0. The predicted octanol–water partition coefficient (Wildman–Crippen LogP) is 6.13. The molecule has 1 aliphatic rings. The zero-order chi connectivity index (χ0) is 29.5. The number of alkyl halides is 6. The molecule has 196 valence electrons. The molecule has 0 bridgehead atoms. The van der Waals surface area contributed by atoms with Crippen molar-refractivity contribution < 1.29 is 40.0 Å². The van der Waals surface area contributed by atoms with Crippen LogP contribution in [0.1, 0.15) is 56.0 Å². The number of rotatable bonds is 5. The lowest BCUT2D eigenvalue weighted by atomic mass is 9.86. The average molecular weight is 526 g/mol. The summed E-state index contributed by atoms with van der Waals surface area (Å²) in [6.07, 6.45) is -7.32. The molecule has 37 heavy (non-hydrogen) atoms. The highest BCUT2D eigenvalue weighted by Gasteiger charge is 2.42. The molecule has 0 spiro atoms. The fraction of sp³-hybridized carbons (Fsp3) is 0.346. The van der Waals surface area contributed by atoms with Crippen molar-refractivity contribution in [2.24, 2.45) is 0 Å². The van der Waals surface area contributed by atoms with Crippen LogP contribution in [0.5, 0.6) is 5.75 Å². The topological polar surface area (TPSA) is 55.3 Å². The van der Waals surface area contributed by atoms with E-state index >= 15 is 0 Å². The highest BCUT2D eigenvalue weighted by atomic mass is 19.4. The molecule has 1 saturated heterocycles. The monoisotopic (exact) mass is 526 g/mol. The summed E-state index contributed by atoms with van der Waals surface area (Å²) < 4.78 is 108. The Balaban J connectivity index is 1.75. The minimum atomic E-state index is -5.18. The molecule has 3 heterocycles. The van der Waals surface area contributed by atoms with E-state index < -0.39 is 54.6 Å². The minimum Gasteiger partial charge on any atom is -0.496 e. The van der Waals surface area contributed by atoms with E-state index in [2.05, 4.69) is 9.97 Å². The summed E-state index contributed by atoms with van der Waals surface area (Å²) in [4.78, 5) is 22.3. The normalized spacial score (nSPS) is 19.8. The van der Waals surface area contributed by atoms with E-state index in [0.29, 0.717) is 17.5 Å². The van der Waals surface area contributed by atoms with Crippen molar-refractivity contribution in [1.82, 2.24) is 14.9 Å². The first-order chi connectivity index (χ1) is 18.6. The van der Waals surface area contributed by atoms with E-state index in [9.17, 15) is 31.1 Å². The third-order valence-electron chi connectivity index (χ3n) is 6.53. The number of nitrogens with zero attached hydrogens (tertiary/aromatic N) is 3. The van der Waals surface area contributed by atoms with Crippen LogP contribution >= 0.6 is 0 Å². The predicted molar refractivity (Wildman–Crippen MR) is 122 cm³/mol. The quantitative estimate of drug-likeness (QED) is 0.376. The van der Waals surface area contributed by atoms with Crippen molar-refractivity contribution in [2.45, 2.75) is 44.1 Å². The van der Waals surface area contributed by atoms with E-state index in [-0.39, 0.29) is 30.5 Å². The third kappa shape index (κ3) is 5.40. The third-order valence-corrected chi connectivity index (χ3v) is 6.53. The Kier molecular flexibility index (Phi) is 6.11. The van der Waals surface area contributed by atoms with Crippen molar-refractivity contribution in [3.63, 3.8) is 0 Å². The lowest BCUT2D eigenvalue weighted by Gasteiger charge is -2.31. The van der Waals surface area contributed by atoms with Gasteiger partial charge in [-0.25, -0.2) is 0 Å². The van der Waals surface area contributed by atoms with Gasteiger partial charge in [0.25, 0.3) is 0 Å². The van der Waals surface area contributed by atoms with Crippen LogP contribution in [-0.2, 0) is 23.6 Å². The molecule has 3 aromatic rings. The van der Waals surface area contributed by atoms with Gasteiger partial charge in [0, 0.05) is 31.1 Å². The van der Waals surface area contributed by atoms with Crippen LogP contribution < -0.4 is 4.74 Å². The van der Waals surface area contributed by atoms with E-state index in [0.717, 1.165) is 5.56 Å². The first-order valence-electron chi connectivity index (χ1n) is 12.7. The molecule has 0 saturated carbocycles. The maximum atomic E-state index is 13.7. The second-order valence-corrected chi connectivity index (χ2v) is 8.67. The number of halogens is 6. The Labute approximate surface area is 213 Å². The van der Waals surface area contributed by atoms with Gasteiger partial charge >= 0.3 is 12.4 Å². The fourth-order valence-corrected chi connectivity index (χ4v) is 4.76. The minimum absolute atomic E-state index is 0.0450. The van der Waals surface area contributed by atoms with Crippen LogP contribution in [-0.4, -0.2) is 34.4 Å². The number of carbonyl (C=O) groups is 1. The van der Waals surface area contributed by atoms with Gasteiger partial charge in [0.05, 0.1) is 40.4 Å². The molecule has 0 radical (unpaired) electrons. The Morgan fingerprint density at radius 3 is 2.51 bits per heavy atom. The average Bonchev–Trinajstić information content (AvgIpc) is 3.29. The van der Waals surface area contributed by atoms with Gasteiger partial charge in [-0.2, -0.15) is 26.3 Å². The molecule has 2 atom stereocenters. The fourth-order valence-electron chi connectivity index (χ4n) is 4.76. The van der Waals surface area contributed by atoms with Gasteiger partial charge in [0.15, 0.2) is 0 Å². The molecule has 1 amide bonds. The van der Waals surface area contributed by atoms with Gasteiger partial charge in [-0.1, -0.05) is 12.1 Å². The molecular weight excluding hydrogens is 500 g/mol. The molecule has 5 nitrogen and oxygen atoms in total. The van der Waals surface area contributed by atoms with Gasteiger partial charge < -0.3 is 9.64 Å². The Hall–Kier alpha value is -3.63. The number of carbonyl (C=O) groups excluding carboxylic acids is 1. The second-order valence-electron chi connectivity index (χ2n) is 8.67. The highest BCUT2D eigenvalue weighted by Crippen LogP contribution is 2.46. The van der Waals surface area contributed by atoms with E-state index in [1.807, 2.05) is 0 Å². The smallest absolute Gasteiger partial charge is 0.418 e. The van der Waals surface area contributed by atoms with Gasteiger partial charge in [0.2, 0.25) is 5.91 Å². The summed E-state index contributed by atoms with van der Waals surface area (Å²) in [5, 5.41) is 0. The summed E-state index contributed by atoms with van der Waals surface area (Å²) >= 11 is 0. The molecule has 0 aliphatic carbocycles. The van der Waals surface area contributed by atoms with Crippen molar-refractivity contribution in [3.8, 4) is 5.75 Å². The maximum Gasteiger partial charge on any atom is 0.418 e. The molecule has 4 rings (SSSR count). The summed E-state index contributed by atoms with van der Waals surface area (Å²) in [5.74, 6) is -1.06. The maximum absolute atomic E-state index is 13.7. The summed E-state index contributed by atoms with van der Waals surface area (Å²) in [5.41, 5.74) is -2.30. The molecule has 2 aromatic heterocycles. The highest BCUT2D eigenvalue weighted by molar-refractivity contribution is 5.80. The number of amides is 1. The molecule has 11 heteroatoms. The number of ether oxygens (including phenoxy) is 1. The van der Waals surface area contributed by atoms with Gasteiger partial charge in [-0.05, 0) is 54.3 Å². The SMILES string of the molecule is [2H]C([2H])([2H])Oc1cccc([C@@H]2[C@H](c3ccncc3)CCN2C(=O)Cc2ncc(C(F)(F)F)cc2C(F)(F)F)c1C. The van der Waals surface area contributed by atoms with Crippen molar-refractivity contribution >= 4 is 5.91 Å². The molecule has 0 unspecified atom stereocenters. The van der Waals surface area contributed by atoms with Crippen molar-refractivity contribution in [1.29, 1.82) is 0 Å². The largest absolute Gasteiger partial charge is 0.496 e. The Morgan fingerprint density at radius 1 is 1.14 bits per heavy atom. The summed E-state index contributed by atoms with van der Waals surface area (Å²) in [6.45, 7) is 1.74. The zero-order valence-corrected chi connectivity index (χ0v) is 19.4. The first kappa shape index (κ1) is 22.6. The standard InChI is InChI=1S/C26H23F6N3O2/c1-15-18(4-3-5-22(15)37-2)24-19(16-6-9-33-10-7-16)8-11-35(24)23(36)13-21-20(26(30,31)32)12-17(14-34-21)25(27,28)29/h3-7,9-10,12,14,19,24H,8,11,13H2,1-2H3/t19-,24+/m0/s1/i2D3. The first-order valence-corrected chi connectivity index (χ1v) is 11.2. The number of aromatic nitrogens is 2. The van der Waals surface area contributed by atoms with Gasteiger partial charge in [-0.15, -0.1) is 0 Å². The number of benzene rings is 1. The molecule has 0 N–H and O–H groups in total. The van der Waals surface area contributed by atoms with Crippen LogP contribution in [0, 0.1) is 6.92 Å². The van der Waals surface area contributed by atoms with Gasteiger partial charge in [0.1, 0.15) is 5.75 Å². The molecular formula is C26H23F6N3O2. The number of hydrogen-bond donors (Lipinski definition) is 0. The number of likely N-dealkylation sites (tertiary alicyclic amines) is 1. The number of hydrogen-bond acceptors (Lipinski definition) is 4. The lowest BCUT2D eigenvalue weighted by molar-refractivity contribution is -0.144. The Bertz CT molecular complexity index is 1380. The van der Waals surface area contributed by atoms with E-state index in [1.54, 1.807) is 43.6 Å². The van der Waals surface area contributed by atoms with Crippen molar-refractivity contribution in [3.05, 3.63) is 88.5 Å².